The Hall–Kier alpha value is -0.470. The number of rotatable bonds is 4. The predicted octanol–water partition coefficient (Wildman–Crippen LogP) is 2.49. The first kappa shape index (κ1) is 9.62. The molecule has 0 spiro atoms. The first-order chi connectivity index (χ1) is 5.83. The lowest BCUT2D eigenvalue weighted by molar-refractivity contribution is 0.690. The van der Waals surface area contributed by atoms with E-state index in [0.29, 0.717) is 6.04 Å². The van der Waals surface area contributed by atoms with E-state index in [2.05, 4.69) is 48.2 Å². The summed E-state index contributed by atoms with van der Waals surface area (Å²) in [5.74, 6) is 0. The Morgan fingerprint density at radius 1 is 1.33 bits per heavy atom. The SMILES string of the molecule is CSNC(C)Cc1ccccc1. The smallest absolute Gasteiger partial charge is 0.0183 e. The van der Waals surface area contributed by atoms with Crippen LogP contribution in [0.5, 0.6) is 0 Å². The lowest BCUT2D eigenvalue weighted by Crippen LogP contribution is -2.20. The summed E-state index contributed by atoms with van der Waals surface area (Å²) < 4.78 is 3.31. The lowest BCUT2D eigenvalue weighted by atomic mass is 10.1. The highest BCUT2D eigenvalue weighted by atomic mass is 32.2. The second-order valence-electron chi connectivity index (χ2n) is 2.91. The molecule has 66 valence electrons. The zero-order valence-electron chi connectivity index (χ0n) is 7.58. The largest absolute Gasteiger partial charge is 0.261 e. The summed E-state index contributed by atoms with van der Waals surface area (Å²) in [6, 6.07) is 11.1. The van der Waals surface area contributed by atoms with Crippen LogP contribution in [-0.4, -0.2) is 12.3 Å². The van der Waals surface area contributed by atoms with Crippen molar-refractivity contribution in [2.45, 2.75) is 19.4 Å². The third kappa shape index (κ3) is 3.28. The molecule has 0 saturated carbocycles. The van der Waals surface area contributed by atoms with Gasteiger partial charge in [-0.15, -0.1) is 0 Å². The average molecular weight is 181 g/mol. The molecule has 2 heteroatoms. The molecule has 1 nitrogen and oxygen atoms in total. The minimum atomic E-state index is 0.544. The molecule has 1 aromatic carbocycles. The Morgan fingerprint density at radius 2 is 2.00 bits per heavy atom. The third-order valence-corrected chi connectivity index (χ3v) is 2.34. The average Bonchev–Trinajstić information content (AvgIpc) is 2.06. The maximum Gasteiger partial charge on any atom is 0.0183 e. The molecule has 0 aliphatic rings. The molecule has 0 bridgehead atoms. The van der Waals surface area contributed by atoms with E-state index in [1.807, 2.05) is 0 Å². The van der Waals surface area contributed by atoms with Crippen molar-refractivity contribution in [3.05, 3.63) is 35.9 Å². The Kier molecular flexibility index (Phi) is 4.19. The maximum atomic E-state index is 3.31. The first-order valence-corrected chi connectivity index (χ1v) is 5.38. The molecule has 12 heavy (non-hydrogen) atoms. The predicted molar refractivity (Wildman–Crippen MR) is 56.3 cm³/mol. The monoisotopic (exact) mass is 181 g/mol. The van der Waals surface area contributed by atoms with Crippen molar-refractivity contribution in [1.29, 1.82) is 0 Å². The molecule has 1 N–H and O–H groups in total. The Balaban J connectivity index is 2.41. The molecule has 1 unspecified atom stereocenters. The van der Waals surface area contributed by atoms with Gasteiger partial charge in [-0.25, -0.2) is 0 Å². The summed E-state index contributed by atoms with van der Waals surface area (Å²) in [6.45, 7) is 2.20. The highest BCUT2D eigenvalue weighted by molar-refractivity contribution is 7.96. The van der Waals surface area contributed by atoms with Crippen LogP contribution < -0.4 is 4.72 Å². The molecule has 0 fully saturated rings. The van der Waals surface area contributed by atoms with Crippen molar-refractivity contribution in [2.75, 3.05) is 6.26 Å². The standard InChI is InChI=1S/C10H15NS/c1-9(11-12-2)8-10-6-4-3-5-7-10/h3-7,9,11H,8H2,1-2H3. The van der Waals surface area contributed by atoms with E-state index in [0.717, 1.165) is 6.42 Å². The first-order valence-electron chi connectivity index (χ1n) is 4.15. The van der Waals surface area contributed by atoms with Crippen molar-refractivity contribution in [2.24, 2.45) is 0 Å². The number of hydrogen-bond acceptors (Lipinski definition) is 2. The molecule has 0 aromatic heterocycles. The summed E-state index contributed by atoms with van der Waals surface area (Å²) >= 11 is 1.68. The van der Waals surface area contributed by atoms with Crippen LogP contribution in [0.15, 0.2) is 30.3 Å². The summed E-state index contributed by atoms with van der Waals surface area (Å²) in [4.78, 5) is 0. The van der Waals surface area contributed by atoms with E-state index >= 15 is 0 Å². The molecule has 1 rings (SSSR count). The van der Waals surface area contributed by atoms with Gasteiger partial charge in [-0.2, -0.15) is 0 Å². The van der Waals surface area contributed by atoms with Gasteiger partial charge in [0.2, 0.25) is 0 Å². The molecule has 1 aromatic rings. The Bertz CT molecular complexity index is 210. The molecular formula is C10H15NS. The van der Waals surface area contributed by atoms with Crippen LogP contribution in [0.1, 0.15) is 12.5 Å². The van der Waals surface area contributed by atoms with E-state index in [9.17, 15) is 0 Å². The molecule has 0 radical (unpaired) electrons. The molecule has 0 amide bonds. The van der Waals surface area contributed by atoms with Crippen LogP contribution in [0.2, 0.25) is 0 Å². The molecular weight excluding hydrogens is 166 g/mol. The lowest BCUT2D eigenvalue weighted by Gasteiger charge is -2.10. The molecule has 0 aliphatic heterocycles. The fourth-order valence-electron chi connectivity index (χ4n) is 1.21. The van der Waals surface area contributed by atoms with Crippen molar-refractivity contribution >= 4 is 11.9 Å². The minimum absolute atomic E-state index is 0.544. The van der Waals surface area contributed by atoms with E-state index in [-0.39, 0.29) is 0 Å². The molecule has 0 aliphatic carbocycles. The molecule has 0 saturated heterocycles. The van der Waals surface area contributed by atoms with Crippen LogP contribution >= 0.6 is 11.9 Å². The Labute approximate surface area is 78.7 Å². The second kappa shape index (κ2) is 5.22. The van der Waals surface area contributed by atoms with Crippen molar-refractivity contribution in [3.8, 4) is 0 Å². The van der Waals surface area contributed by atoms with Crippen molar-refractivity contribution in [1.82, 2.24) is 4.72 Å². The fourth-order valence-corrected chi connectivity index (χ4v) is 1.70. The van der Waals surface area contributed by atoms with Crippen LogP contribution in [0.3, 0.4) is 0 Å². The van der Waals surface area contributed by atoms with Gasteiger partial charge in [-0.05, 0) is 25.2 Å². The zero-order chi connectivity index (χ0) is 8.81. The van der Waals surface area contributed by atoms with E-state index in [4.69, 9.17) is 0 Å². The fraction of sp³-hybridized carbons (Fsp3) is 0.400. The van der Waals surface area contributed by atoms with Gasteiger partial charge in [0.25, 0.3) is 0 Å². The maximum absolute atomic E-state index is 3.31. The Morgan fingerprint density at radius 3 is 2.58 bits per heavy atom. The minimum Gasteiger partial charge on any atom is -0.261 e. The summed E-state index contributed by atoms with van der Waals surface area (Å²) in [6.07, 6.45) is 3.16. The summed E-state index contributed by atoms with van der Waals surface area (Å²) in [5, 5.41) is 0. The zero-order valence-corrected chi connectivity index (χ0v) is 8.40. The highest BCUT2D eigenvalue weighted by Gasteiger charge is 2.00. The van der Waals surface area contributed by atoms with Crippen molar-refractivity contribution < 1.29 is 0 Å². The van der Waals surface area contributed by atoms with Crippen LogP contribution in [0.4, 0.5) is 0 Å². The number of nitrogens with one attached hydrogen (secondary N) is 1. The van der Waals surface area contributed by atoms with E-state index in [1.165, 1.54) is 5.56 Å². The summed E-state index contributed by atoms with van der Waals surface area (Å²) in [7, 11) is 0. The van der Waals surface area contributed by atoms with Gasteiger partial charge in [0.15, 0.2) is 0 Å². The molecule has 1 atom stereocenters. The van der Waals surface area contributed by atoms with E-state index < -0.39 is 0 Å². The number of hydrogen-bond donors (Lipinski definition) is 1. The van der Waals surface area contributed by atoms with Gasteiger partial charge in [-0.1, -0.05) is 42.3 Å². The highest BCUT2D eigenvalue weighted by Crippen LogP contribution is 2.03. The van der Waals surface area contributed by atoms with Gasteiger partial charge < -0.3 is 0 Å². The van der Waals surface area contributed by atoms with Crippen LogP contribution in [-0.2, 0) is 6.42 Å². The normalized spacial score (nSPS) is 12.8. The van der Waals surface area contributed by atoms with Gasteiger partial charge in [-0.3, -0.25) is 4.72 Å². The quantitative estimate of drug-likeness (QED) is 0.716. The van der Waals surface area contributed by atoms with Crippen molar-refractivity contribution in [3.63, 3.8) is 0 Å². The molecule has 0 heterocycles. The van der Waals surface area contributed by atoms with Gasteiger partial charge >= 0.3 is 0 Å². The second-order valence-corrected chi connectivity index (χ2v) is 3.56. The van der Waals surface area contributed by atoms with Crippen LogP contribution in [0, 0.1) is 0 Å². The van der Waals surface area contributed by atoms with Gasteiger partial charge in [0.05, 0.1) is 0 Å². The van der Waals surface area contributed by atoms with E-state index in [1.54, 1.807) is 11.9 Å². The number of benzene rings is 1. The summed E-state index contributed by atoms with van der Waals surface area (Å²) in [5.41, 5.74) is 1.39. The van der Waals surface area contributed by atoms with Gasteiger partial charge in [0, 0.05) is 6.04 Å². The topological polar surface area (TPSA) is 12.0 Å². The van der Waals surface area contributed by atoms with Gasteiger partial charge in [0.1, 0.15) is 0 Å². The van der Waals surface area contributed by atoms with Crippen LogP contribution in [0.25, 0.3) is 0 Å². The third-order valence-electron chi connectivity index (χ3n) is 1.70.